The minimum Gasteiger partial charge on any atom is -0.497 e. The molecule has 2 atom stereocenters. The molecule has 0 spiro atoms. The molecule has 0 heterocycles. The SMILES string of the molecule is COc1ccc(C23CC4CC(CC(C(=O)N(C)Cc5cccc(OC)c5)(C4)C2)C3)cc1. The number of amides is 1. The van der Waals surface area contributed by atoms with Crippen LogP contribution in [-0.2, 0) is 16.8 Å². The molecule has 1 amide bonds. The van der Waals surface area contributed by atoms with Crippen molar-refractivity contribution in [3.05, 3.63) is 59.7 Å². The van der Waals surface area contributed by atoms with Gasteiger partial charge in [-0.15, -0.1) is 0 Å². The molecule has 2 unspecified atom stereocenters. The molecule has 2 aromatic carbocycles. The molecule has 0 saturated heterocycles. The smallest absolute Gasteiger partial charge is 0.228 e. The number of rotatable bonds is 6. The fraction of sp³-hybridized carbons (Fsp3) is 0.519. The van der Waals surface area contributed by atoms with E-state index in [4.69, 9.17) is 9.47 Å². The van der Waals surface area contributed by atoms with Gasteiger partial charge in [0.2, 0.25) is 5.91 Å². The Morgan fingerprint density at radius 2 is 1.65 bits per heavy atom. The summed E-state index contributed by atoms with van der Waals surface area (Å²) in [6.45, 7) is 0.628. The Hall–Kier alpha value is -2.49. The summed E-state index contributed by atoms with van der Waals surface area (Å²) in [4.78, 5) is 15.9. The summed E-state index contributed by atoms with van der Waals surface area (Å²) in [6, 6.07) is 16.7. The third kappa shape index (κ3) is 3.50. The standard InChI is InChI=1S/C27H33NO3/c1-28(17-19-5-4-6-24(12-19)31-3)25(29)27-15-20-11-21(16-27)14-26(13-20,18-27)22-7-9-23(30-2)10-8-22/h4-10,12,20-21H,11,13-18H2,1-3H3. The molecule has 4 saturated carbocycles. The first-order valence-corrected chi connectivity index (χ1v) is 11.5. The van der Waals surface area contributed by atoms with Crippen LogP contribution in [0, 0.1) is 17.3 Å². The number of carbonyl (C=O) groups is 1. The van der Waals surface area contributed by atoms with Gasteiger partial charge in [-0.05, 0) is 91.2 Å². The predicted octanol–water partition coefficient (Wildman–Crippen LogP) is 5.20. The highest BCUT2D eigenvalue weighted by molar-refractivity contribution is 5.83. The number of hydrogen-bond acceptors (Lipinski definition) is 3. The van der Waals surface area contributed by atoms with Crippen molar-refractivity contribution in [1.82, 2.24) is 4.90 Å². The lowest BCUT2D eigenvalue weighted by Gasteiger charge is -2.62. The zero-order valence-corrected chi connectivity index (χ0v) is 18.9. The van der Waals surface area contributed by atoms with Crippen LogP contribution in [0.25, 0.3) is 0 Å². The summed E-state index contributed by atoms with van der Waals surface area (Å²) in [6.07, 6.45) is 6.85. The highest BCUT2D eigenvalue weighted by atomic mass is 16.5. The van der Waals surface area contributed by atoms with E-state index in [9.17, 15) is 4.79 Å². The zero-order chi connectivity index (χ0) is 21.6. The van der Waals surface area contributed by atoms with Gasteiger partial charge in [0.05, 0.1) is 19.6 Å². The zero-order valence-electron chi connectivity index (χ0n) is 18.9. The van der Waals surface area contributed by atoms with Gasteiger partial charge in [0, 0.05) is 13.6 Å². The molecular formula is C27H33NO3. The van der Waals surface area contributed by atoms with Gasteiger partial charge in [0.25, 0.3) is 0 Å². The first-order chi connectivity index (χ1) is 14.9. The van der Waals surface area contributed by atoms with Crippen molar-refractivity contribution < 1.29 is 14.3 Å². The average molecular weight is 420 g/mol. The third-order valence-corrected chi connectivity index (χ3v) is 8.12. The lowest BCUT2D eigenvalue weighted by Crippen LogP contribution is -2.59. The van der Waals surface area contributed by atoms with Crippen LogP contribution < -0.4 is 9.47 Å². The topological polar surface area (TPSA) is 38.8 Å². The fourth-order valence-corrected chi connectivity index (χ4v) is 7.32. The average Bonchev–Trinajstić information content (AvgIpc) is 2.78. The Morgan fingerprint density at radius 3 is 2.29 bits per heavy atom. The number of hydrogen-bond donors (Lipinski definition) is 0. The molecule has 4 heteroatoms. The first kappa shape index (κ1) is 20.4. The quantitative estimate of drug-likeness (QED) is 0.646. The van der Waals surface area contributed by atoms with Crippen molar-refractivity contribution in [2.45, 2.75) is 50.5 Å². The number of benzene rings is 2. The first-order valence-electron chi connectivity index (χ1n) is 11.5. The highest BCUT2D eigenvalue weighted by Gasteiger charge is 2.61. The molecule has 4 fully saturated rings. The van der Waals surface area contributed by atoms with Crippen molar-refractivity contribution in [2.75, 3.05) is 21.3 Å². The number of methoxy groups -OCH3 is 2. The van der Waals surface area contributed by atoms with E-state index in [1.54, 1.807) is 14.2 Å². The maximum absolute atomic E-state index is 13.9. The van der Waals surface area contributed by atoms with Gasteiger partial charge in [0.15, 0.2) is 0 Å². The maximum atomic E-state index is 13.9. The van der Waals surface area contributed by atoms with Gasteiger partial charge in [-0.2, -0.15) is 0 Å². The Labute approximate surface area is 185 Å². The molecule has 4 aliphatic rings. The fourth-order valence-electron chi connectivity index (χ4n) is 7.32. The molecule has 164 valence electrons. The summed E-state index contributed by atoms with van der Waals surface area (Å²) < 4.78 is 10.7. The van der Waals surface area contributed by atoms with Crippen LogP contribution in [0.15, 0.2) is 48.5 Å². The lowest BCUT2D eigenvalue weighted by molar-refractivity contribution is -0.159. The summed E-state index contributed by atoms with van der Waals surface area (Å²) in [7, 11) is 5.37. The second kappa shape index (κ2) is 7.58. The molecule has 6 rings (SSSR count). The van der Waals surface area contributed by atoms with Gasteiger partial charge in [-0.1, -0.05) is 24.3 Å². The van der Waals surface area contributed by atoms with Gasteiger partial charge in [-0.25, -0.2) is 0 Å². The molecule has 2 aromatic rings. The Balaban J connectivity index is 1.41. The Morgan fingerprint density at radius 1 is 0.968 bits per heavy atom. The summed E-state index contributed by atoms with van der Waals surface area (Å²) in [5.74, 6) is 3.40. The molecular weight excluding hydrogens is 386 g/mol. The molecule has 4 bridgehead atoms. The molecule has 4 aliphatic carbocycles. The second-order valence-electron chi connectivity index (χ2n) is 10.3. The van der Waals surface area contributed by atoms with E-state index in [1.807, 2.05) is 30.1 Å². The number of carbonyl (C=O) groups excluding carboxylic acids is 1. The van der Waals surface area contributed by atoms with E-state index in [-0.39, 0.29) is 10.8 Å². The monoisotopic (exact) mass is 419 g/mol. The lowest BCUT2D eigenvalue weighted by atomic mass is 9.42. The normalized spacial score (nSPS) is 30.8. The van der Waals surface area contributed by atoms with Crippen LogP contribution in [0.5, 0.6) is 11.5 Å². The van der Waals surface area contributed by atoms with Gasteiger partial charge >= 0.3 is 0 Å². The van der Waals surface area contributed by atoms with E-state index in [0.29, 0.717) is 24.3 Å². The van der Waals surface area contributed by atoms with Gasteiger partial charge in [0.1, 0.15) is 11.5 Å². The maximum Gasteiger partial charge on any atom is 0.228 e. The van der Waals surface area contributed by atoms with Crippen molar-refractivity contribution in [1.29, 1.82) is 0 Å². The van der Waals surface area contributed by atoms with E-state index in [2.05, 4.69) is 30.3 Å². The largest absolute Gasteiger partial charge is 0.497 e. The second-order valence-corrected chi connectivity index (χ2v) is 10.3. The van der Waals surface area contributed by atoms with Crippen molar-refractivity contribution in [3.63, 3.8) is 0 Å². The summed E-state index contributed by atoms with van der Waals surface area (Å²) >= 11 is 0. The van der Waals surface area contributed by atoms with Crippen LogP contribution in [0.1, 0.15) is 49.7 Å². The van der Waals surface area contributed by atoms with Gasteiger partial charge in [-0.3, -0.25) is 4.79 Å². The summed E-state index contributed by atoms with van der Waals surface area (Å²) in [5.41, 5.74) is 2.44. The predicted molar refractivity (Wildman–Crippen MR) is 121 cm³/mol. The molecule has 31 heavy (non-hydrogen) atoms. The van der Waals surface area contributed by atoms with Crippen LogP contribution in [-0.4, -0.2) is 32.1 Å². The number of ether oxygens (including phenoxy) is 2. The van der Waals surface area contributed by atoms with Crippen LogP contribution in [0.2, 0.25) is 0 Å². The molecule has 0 N–H and O–H groups in total. The molecule has 0 aromatic heterocycles. The Kier molecular flexibility index (Phi) is 4.99. The van der Waals surface area contributed by atoms with E-state index in [0.717, 1.165) is 36.3 Å². The van der Waals surface area contributed by atoms with Crippen molar-refractivity contribution in [2.24, 2.45) is 17.3 Å². The Bertz CT molecular complexity index is 953. The molecule has 0 radical (unpaired) electrons. The molecule has 0 aliphatic heterocycles. The highest BCUT2D eigenvalue weighted by Crippen LogP contribution is 2.66. The van der Waals surface area contributed by atoms with Crippen LogP contribution in [0.4, 0.5) is 0 Å². The van der Waals surface area contributed by atoms with E-state index >= 15 is 0 Å². The minimum absolute atomic E-state index is 0.142. The van der Waals surface area contributed by atoms with Crippen LogP contribution >= 0.6 is 0 Å². The van der Waals surface area contributed by atoms with Crippen LogP contribution in [0.3, 0.4) is 0 Å². The molecule has 4 nitrogen and oxygen atoms in total. The third-order valence-electron chi connectivity index (χ3n) is 8.12. The van der Waals surface area contributed by atoms with E-state index < -0.39 is 0 Å². The van der Waals surface area contributed by atoms with Crippen molar-refractivity contribution >= 4 is 5.91 Å². The van der Waals surface area contributed by atoms with Gasteiger partial charge < -0.3 is 14.4 Å². The number of nitrogens with zero attached hydrogens (tertiary/aromatic N) is 1. The summed E-state index contributed by atoms with van der Waals surface area (Å²) in [5, 5.41) is 0. The van der Waals surface area contributed by atoms with E-state index in [1.165, 1.54) is 24.8 Å². The van der Waals surface area contributed by atoms with Crippen molar-refractivity contribution in [3.8, 4) is 11.5 Å². The minimum atomic E-state index is -0.211.